The molecular weight excluding hydrogens is 212 g/mol. The normalized spacial score (nSPS) is 17.9. The van der Waals surface area contributed by atoms with Gasteiger partial charge in [0.25, 0.3) is 0 Å². The summed E-state index contributed by atoms with van der Waals surface area (Å²) >= 11 is 0. The first-order chi connectivity index (χ1) is 8.36. The Morgan fingerprint density at radius 2 is 2.29 bits per heavy atom. The Balaban J connectivity index is 2.19. The number of rotatable bonds is 0. The topological polar surface area (TPSA) is 26.2 Å². The van der Waals surface area contributed by atoms with Crippen molar-refractivity contribution in [2.75, 3.05) is 13.2 Å². The maximum Gasteiger partial charge on any atom is 0.143 e. The van der Waals surface area contributed by atoms with E-state index in [0.29, 0.717) is 0 Å². The average molecular weight is 228 g/mol. The minimum Gasteiger partial charge on any atom is -0.490 e. The SMILES string of the molecule is Cc1ccc2c3c1c1c(n3CCO2)CCNC1. The van der Waals surface area contributed by atoms with Crippen LogP contribution in [0.2, 0.25) is 0 Å². The van der Waals surface area contributed by atoms with Crippen molar-refractivity contribution in [2.24, 2.45) is 0 Å². The van der Waals surface area contributed by atoms with Gasteiger partial charge in [0.2, 0.25) is 0 Å². The van der Waals surface area contributed by atoms with Gasteiger partial charge in [-0.25, -0.2) is 0 Å². The second-order valence-electron chi connectivity index (χ2n) is 4.96. The summed E-state index contributed by atoms with van der Waals surface area (Å²) in [5, 5.41) is 4.90. The summed E-state index contributed by atoms with van der Waals surface area (Å²) in [6.07, 6.45) is 1.14. The zero-order valence-electron chi connectivity index (χ0n) is 10.0. The summed E-state index contributed by atoms with van der Waals surface area (Å²) in [5.74, 6) is 1.06. The van der Waals surface area contributed by atoms with Gasteiger partial charge in [0.15, 0.2) is 0 Å². The van der Waals surface area contributed by atoms with Crippen molar-refractivity contribution in [3.63, 3.8) is 0 Å². The Kier molecular flexibility index (Phi) is 1.83. The van der Waals surface area contributed by atoms with Crippen molar-refractivity contribution in [3.05, 3.63) is 29.0 Å². The molecule has 0 bridgehead atoms. The molecule has 3 nitrogen and oxygen atoms in total. The van der Waals surface area contributed by atoms with Crippen LogP contribution < -0.4 is 10.1 Å². The van der Waals surface area contributed by atoms with Gasteiger partial charge in [-0.05, 0) is 24.1 Å². The fourth-order valence-electron chi connectivity index (χ4n) is 3.27. The molecule has 2 aromatic rings. The van der Waals surface area contributed by atoms with E-state index in [4.69, 9.17) is 4.74 Å². The third-order valence-electron chi connectivity index (χ3n) is 4.01. The number of aryl methyl sites for hydroxylation is 1. The zero-order valence-corrected chi connectivity index (χ0v) is 10.0. The minimum atomic E-state index is 0.805. The fourth-order valence-corrected chi connectivity index (χ4v) is 3.27. The molecule has 88 valence electrons. The molecule has 4 rings (SSSR count). The molecule has 1 aromatic carbocycles. The Hall–Kier alpha value is -1.48. The number of nitrogens with one attached hydrogen (secondary N) is 1. The monoisotopic (exact) mass is 228 g/mol. The third kappa shape index (κ3) is 1.15. The Morgan fingerprint density at radius 3 is 3.24 bits per heavy atom. The van der Waals surface area contributed by atoms with Gasteiger partial charge in [-0.3, -0.25) is 0 Å². The number of ether oxygens (including phenoxy) is 1. The van der Waals surface area contributed by atoms with E-state index in [9.17, 15) is 0 Å². The fraction of sp³-hybridized carbons (Fsp3) is 0.429. The van der Waals surface area contributed by atoms with Crippen molar-refractivity contribution >= 4 is 10.9 Å². The van der Waals surface area contributed by atoms with Gasteiger partial charge in [0.1, 0.15) is 12.4 Å². The second-order valence-corrected chi connectivity index (χ2v) is 4.96. The molecule has 0 amide bonds. The van der Waals surface area contributed by atoms with Crippen LogP contribution in [0, 0.1) is 6.92 Å². The van der Waals surface area contributed by atoms with E-state index in [1.54, 1.807) is 0 Å². The van der Waals surface area contributed by atoms with Gasteiger partial charge >= 0.3 is 0 Å². The van der Waals surface area contributed by atoms with Crippen LogP contribution >= 0.6 is 0 Å². The maximum atomic E-state index is 5.79. The molecule has 0 saturated heterocycles. The van der Waals surface area contributed by atoms with Crippen LogP contribution in [-0.4, -0.2) is 17.7 Å². The van der Waals surface area contributed by atoms with E-state index in [1.807, 2.05) is 0 Å². The molecule has 3 heterocycles. The summed E-state index contributed by atoms with van der Waals surface area (Å²) in [4.78, 5) is 0. The Labute approximate surface area is 100 Å². The van der Waals surface area contributed by atoms with Crippen molar-refractivity contribution < 1.29 is 4.74 Å². The summed E-state index contributed by atoms with van der Waals surface area (Å²) < 4.78 is 8.27. The lowest BCUT2D eigenvalue weighted by atomic mass is 10.0. The number of hydrogen-bond donors (Lipinski definition) is 1. The average Bonchev–Trinajstić information content (AvgIpc) is 2.71. The van der Waals surface area contributed by atoms with Crippen molar-refractivity contribution in [1.29, 1.82) is 0 Å². The molecule has 0 saturated carbocycles. The summed E-state index contributed by atoms with van der Waals surface area (Å²) in [6, 6.07) is 4.30. The number of nitrogens with zero attached hydrogens (tertiary/aromatic N) is 1. The smallest absolute Gasteiger partial charge is 0.143 e. The van der Waals surface area contributed by atoms with Crippen LogP contribution in [0.15, 0.2) is 12.1 Å². The highest BCUT2D eigenvalue weighted by atomic mass is 16.5. The summed E-state index contributed by atoms with van der Waals surface area (Å²) in [7, 11) is 0. The molecule has 0 atom stereocenters. The van der Waals surface area contributed by atoms with Crippen LogP contribution in [0.25, 0.3) is 10.9 Å². The van der Waals surface area contributed by atoms with Crippen molar-refractivity contribution in [2.45, 2.75) is 26.4 Å². The third-order valence-corrected chi connectivity index (χ3v) is 4.01. The Morgan fingerprint density at radius 1 is 1.35 bits per heavy atom. The molecule has 2 aliphatic rings. The van der Waals surface area contributed by atoms with E-state index in [-0.39, 0.29) is 0 Å². The molecule has 0 spiro atoms. The lowest BCUT2D eigenvalue weighted by molar-refractivity contribution is 0.284. The van der Waals surface area contributed by atoms with E-state index < -0.39 is 0 Å². The molecule has 17 heavy (non-hydrogen) atoms. The number of hydrogen-bond acceptors (Lipinski definition) is 2. The van der Waals surface area contributed by atoms with Gasteiger partial charge in [0, 0.05) is 30.6 Å². The van der Waals surface area contributed by atoms with Crippen molar-refractivity contribution in [1.82, 2.24) is 9.88 Å². The summed E-state index contributed by atoms with van der Waals surface area (Å²) in [5.41, 5.74) is 5.71. The van der Waals surface area contributed by atoms with E-state index in [2.05, 4.69) is 28.9 Å². The first-order valence-electron chi connectivity index (χ1n) is 6.33. The molecule has 1 N–H and O–H groups in total. The van der Waals surface area contributed by atoms with Gasteiger partial charge < -0.3 is 14.6 Å². The van der Waals surface area contributed by atoms with Gasteiger partial charge in [-0.2, -0.15) is 0 Å². The summed E-state index contributed by atoms with van der Waals surface area (Å²) in [6.45, 7) is 6.11. The van der Waals surface area contributed by atoms with E-state index in [1.165, 1.54) is 27.7 Å². The quantitative estimate of drug-likeness (QED) is 0.746. The van der Waals surface area contributed by atoms with Crippen LogP contribution in [0.1, 0.15) is 16.8 Å². The maximum absolute atomic E-state index is 5.79. The molecular formula is C14H16N2O. The first kappa shape index (κ1) is 9.54. The number of fused-ring (bicyclic) bond motifs is 3. The predicted molar refractivity (Wildman–Crippen MR) is 67.6 cm³/mol. The van der Waals surface area contributed by atoms with Crippen LogP contribution in [0.3, 0.4) is 0 Å². The highest BCUT2D eigenvalue weighted by Gasteiger charge is 2.25. The van der Waals surface area contributed by atoms with Crippen molar-refractivity contribution in [3.8, 4) is 5.75 Å². The molecule has 1 aromatic heterocycles. The molecule has 0 fully saturated rings. The standard InChI is InChI=1S/C14H16N2O/c1-9-2-3-12-14-13(9)10-8-15-5-4-11(10)16(14)6-7-17-12/h2-3,15H,4-8H2,1H3. The van der Waals surface area contributed by atoms with Gasteiger partial charge in [-0.15, -0.1) is 0 Å². The Bertz CT molecular complexity index is 599. The molecule has 0 radical (unpaired) electrons. The van der Waals surface area contributed by atoms with E-state index in [0.717, 1.165) is 38.4 Å². The van der Waals surface area contributed by atoms with E-state index >= 15 is 0 Å². The first-order valence-corrected chi connectivity index (χ1v) is 6.33. The number of benzene rings is 1. The van der Waals surface area contributed by atoms with Gasteiger partial charge in [0.05, 0.1) is 12.1 Å². The lowest BCUT2D eigenvalue weighted by Gasteiger charge is -2.20. The minimum absolute atomic E-state index is 0.805. The van der Waals surface area contributed by atoms with Gasteiger partial charge in [-0.1, -0.05) is 6.07 Å². The molecule has 2 aliphatic heterocycles. The molecule has 0 aliphatic carbocycles. The highest BCUT2D eigenvalue weighted by Crippen LogP contribution is 2.38. The molecule has 3 heteroatoms. The largest absolute Gasteiger partial charge is 0.490 e. The second kappa shape index (κ2) is 3.26. The highest BCUT2D eigenvalue weighted by molar-refractivity contribution is 5.93. The van der Waals surface area contributed by atoms with Crippen LogP contribution in [0.4, 0.5) is 0 Å². The molecule has 0 unspecified atom stereocenters. The zero-order chi connectivity index (χ0) is 11.4. The lowest BCUT2D eigenvalue weighted by Crippen LogP contribution is -2.25. The van der Waals surface area contributed by atoms with Crippen LogP contribution in [-0.2, 0) is 19.5 Å². The van der Waals surface area contributed by atoms with Crippen LogP contribution in [0.5, 0.6) is 5.75 Å². The number of aromatic nitrogens is 1. The predicted octanol–water partition coefficient (Wildman–Crippen LogP) is 1.99.